The first kappa shape index (κ1) is 47.5. The summed E-state index contributed by atoms with van der Waals surface area (Å²) in [6.07, 6.45) is 6.68. The van der Waals surface area contributed by atoms with Gasteiger partial charge in [0.2, 0.25) is 27.6 Å². The number of sulfonamides is 1. The number of nitrogens with one attached hydrogen (secondary N) is 4. The first-order valence-corrected chi connectivity index (χ1v) is 25.7. The van der Waals surface area contributed by atoms with Crippen LogP contribution in [-0.2, 0) is 24.4 Å². The third kappa shape index (κ3) is 10.1. The van der Waals surface area contributed by atoms with E-state index in [-0.39, 0.29) is 31.1 Å². The van der Waals surface area contributed by atoms with Crippen molar-refractivity contribution in [2.24, 2.45) is 5.92 Å². The van der Waals surface area contributed by atoms with Gasteiger partial charge in [0.05, 0.1) is 42.4 Å². The van der Waals surface area contributed by atoms with Crippen molar-refractivity contribution in [2.45, 2.75) is 120 Å². The molecule has 4 N–H and O–H groups in total. The molecule has 4 unspecified atom stereocenters. The van der Waals surface area contributed by atoms with Crippen molar-refractivity contribution in [2.75, 3.05) is 19.5 Å². The SMILES string of the molecule is COc1ccc([C@H]2[C@H](Oc3cc(-c4csc(NC(C)C)n4)nc4cc(OC)ccc34)CC3C(=O)NC4(C(=O)NS(=O)(=O)C5CC5)CC4/C=C\CCCCCC(NC(=O)c4cc(C)no4)C(=O)N32)cc1. The van der Waals surface area contributed by atoms with Gasteiger partial charge in [0.15, 0.2) is 5.13 Å². The molecule has 364 valence electrons. The van der Waals surface area contributed by atoms with Crippen LogP contribution in [0.15, 0.2) is 76.7 Å². The first-order chi connectivity index (χ1) is 33.2. The van der Waals surface area contributed by atoms with Gasteiger partial charge in [-0.2, -0.15) is 0 Å². The number of pyridine rings is 1. The Hall–Kier alpha value is -6.54. The third-order valence-corrected chi connectivity index (χ3v) is 15.6. The molecular formula is C49H56N8O10S2. The van der Waals surface area contributed by atoms with Crippen LogP contribution >= 0.6 is 11.3 Å². The summed E-state index contributed by atoms with van der Waals surface area (Å²) < 4.78 is 52.2. The van der Waals surface area contributed by atoms with Gasteiger partial charge in [-0.25, -0.2) is 18.4 Å². The second-order valence-electron chi connectivity index (χ2n) is 18.5. The van der Waals surface area contributed by atoms with Gasteiger partial charge in [0.25, 0.3) is 11.8 Å². The number of thiazole rings is 1. The predicted octanol–water partition coefficient (Wildman–Crippen LogP) is 6.38. The number of aryl methyl sites for hydroxylation is 1. The molecule has 69 heavy (non-hydrogen) atoms. The van der Waals surface area contributed by atoms with Gasteiger partial charge in [-0.1, -0.05) is 42.3 Å². The van der Waals surface area contributed by atoms with E-state index in [1.165, 1.54) is 22.3 Å². The standard InChI is InChI=1S/C49H56N8O10S2/c1-27(2)50-48-53-38(26-68-48)37-23-40(34-20-17-32(65-5)22-36(34)51-37)66-41-24-39-44(58)54-49(47(61)56-69(62,63)33-18-19-33)25-30(49)11-9-7-6-8-10-12-35(52-45(59)42-21-28(3)55-67-42)46(60)57(39)43(41)29-13-15-31(64-4)16-14-29/h9,11,13-17,20-23,26-27,30,33,35,39,41,43H,6-8,10,12,18-19,24-25H2,1-5H3,(H,50,53)(H,52,59)(H,54,58)(H,56,61)/b11-9-/t30?,35?,39?,41-,43+,49?/m1/s1. The maximum Gasteiger partial charge on any atom is 0.290 e. The molecule has 9 rings (SSSR count). The maximum absolute atomic E-state index is 15.7. The second kappa shape index (κ2) is 19.5. The van der Waals surface area contributed by atoms with Crippen LogP contribution in [-0.4, -0.2) is 101 Å². The number of rotatable bonds is 13. The van der Waals surface area contributed by atoms with Gasteiger partial charge >= 0.3 is 0 Å². The molecule has 0 radical (unpaired) electrons. The van der Waals surface area contributed by atoms with E-state index in [4.69, 9.17) is 28.7 Å². The van der Waals surface area contributed by atoms with Crippen LogP contribution in [0.3, 0.4) is 0 Å². The summed E-state index contributed by atoms with van der Waals surface area (Å²) in [7, 11) is -0.876. The van der Waals surface area contributed by atoms with Crippen LogP contribution < -0.4 is 34.9 Å². The topological polar surface area (TPSA) is 233 Å². The third-order valence-electron chi connectivity index (χ3n) is 13.0. The minimum Gasteiger partial charge on any atom is -0.497 e. The second-order valence-corrected chi connectivity index (χ2v) is 21.3. The zero-order chi connectivity index (χ0) is 48.6. The molecule has 2 saturated carbocycles. The van der Waals surface area contributed by atoms with E-state index in [0.717, 1.165) is 6.42 Å². The number of carbonyl (C=O) groups is 4. The Morgan fingerprint density at radius 1 is 0.957 bits per heavy atom. The van der Waals surface area contributed by atoms with Gasteiger partial charge < -0.3 is 39.6 Å². The van der Waals surface area contributed by atoms with Crippen LogP contribution in [0.1, 0.15) is 99.5 Å². The molecule has 5 aromatic rings. The normalized spacial score (nSPS) is 24.6. The molecule has 4 amide bonds. The van der Waals surface area contributed by atoms with E-state index >= 15 is 9.59 Å². The molecule has 2 aliphatic heterocycles. The fourth-order valence-corrected chi connectivity index (χ4v) is 11.4. The van der Waals surface area contributed by atoms with Crippen LogP contribution in [0.2, 0.25) is 0 Å². The van der Waals surface area contributed by atoms with E-state index < -0.39 is 74.6 Å². The Kier molecular flexibility index (Phi) is 13.4. The molecule has 5 heterocycles. The van der Waals surface area contributed by atoms with Crippen molar-refractivity contribution in [1.82, 2.24) is 35.4 Å². The molecule has 2 aromatic carbocycles. The fourth-order valence-electron chi connectivity index (χ4n) is 9.20. The first-order valence-electron chi connectivity index (χ1n) is 23.3. The number of methoxy groups -OCH3 is 2. The van der Waals surface area contributed by atoms with Crippen LogP contribution in [0.25, 0.3) is 22.3 Å². The van der Waals surface area contributed by atoms with Gasteiger partial charge in [-0.3, -0.25) is 23.9 Å². The maximum atomic E-state index is 15.7. The van der Waals surface area contributed by atoms with E-state index in [1.807, 2.05) is 37.4 Å². The fraction of sp³-hybridized carbons (Fsp3) is 0.449. The highest BCUT2D eigenvalue weighted by atomic mass is 32.2. The summed E-state index contributed by atoms with van der Waals surface area (Å²) in [6, 6.07) is 12.5. The molecule has 1 saturated heterocycles. The van der Waals surface area contributed by atoms with E-state index in [0.29, 0.717) is 88.0 Å². The highest BCUT2D eigenvalue weighted by molar-refractivity contribution is 7.91. The molecule has 3 aromatic heterocycles. The summed E-state index contributed by atoms with van der Waals surface area (Å²) in [4.78, 5) is 70.2. The molecule has 0 bridgehead atoms. The van der Waals surface area contributed by atoms with Crippen LogP contribution in [0.4, 0.5) is 5.13 Å². The van der Waals surface area contributed by atoms with E-state index in [2.05, 4.69) is 25.8 Å². The zero-order valence-electron chi connectivity index (χ0n) is 39.0. The van der Waals surface area contributed by atoms with Crippen molar-refractivity contribution in [3.8, 4) is 28.6 Å². The van der Waals surface area contributed by atoms with Gasteiger partial charge in [0, 0.05) is 47.3 Å². The van der Waals surface area contributed by atoms with Crippen molar-refractivity contribution >= 4 is 61.0 Å². The number of fused-ring (bicyclic) bond motifs is 3. The minimum atomic E-state index is -3.98. The van der Waals surface area contributed by atoms with Gasteiger partial charge in [0.1, 0.15) is 46.7 Å². The van der Waals surface area contributed by atoms with Crippen molar-refractivity contribution < 1.29 is 46.3 Å². The molecule has 3 fully saturated rings. The number of nitrogens with zero attached hydrogens (tertiary/aromatic N) is 4. The molecule has 2 aliphatic carbocycles. The largest absolute Gasteiger partial charge is 0.497 e. The van der Waals surface area contributed by atoms with Gasteiger partial charge in [-0.05, 0) is 89.1 Å². The highest BCUT2D eigenvalue weighted by Crippen LogP contribution is 2.48. The molecule has 20 heteroatoms. The highest BCUT2D eigenvalue weighted by Gasteiger charge is 2.62. The lowest BCUT2D eigenvalue weighted by atomic mass is 10.00. The number of ether oxygens (including phenoxy) is 3. The van der Waals surface area contributed by atoms with E-state index in [9.17, 15) is 18.0 Å². The number of aromatic nitrogens is 3. The van der Waals surface area contributed by atoms with Crippen LogP contribution in [0, 0.1) is 12.8 Å². The summed E-state index contributed by atoms with van der Waals surface area (Å²) in [5, 5.41) is 15.6. The molecule has 4 aliphatic rings. The molecular weight excluding hydrogens is 925 g/mol. The lowest BCUT2D eigenvalue weighted by molar-refractivity contribution is -0.143. The monoisotopic (exact) mass is 980 g/mol. The van der Waals surface area contributed by atoms with E-state index in [1.54, 1.807) is 63.6 Å². The average molecular weight is 981 g/mol. The Morgan fingerprint density at radius 3 is 2.43 bits per heavy atom. The Morgan fingerprint density at radius 2 is 1.72 bits per heavy atom. The summed E-state index contributed by atoms with van der Waals surface area (Å²) in [5.41, 5.74) is 1.11. The number of allylic oxidation sites excluding steroid dienone is 1. The zero-order valence-corrected chi connectivity index (χ0v) is 40.7. The van der Waals surface area contributed by atoms with Crippen molar-refractivity contribution in [3.05, 3.63) is 89.1 Å². The molecule has 6 atom stereocenters. The molecule has 18 nitrogen and oxygen atoms in total. The number of benzene rings is 2. The number of amides is 4. The Balaban J connectivity index is 1.16. The number of hydrogen-bond acceptors (Lipinski definition) is 15. The summed E-state index contributed by atoms with van der Waals surface area (Å²) in [5.74, 6) is -1.82. The Bertz CT molecular complexity index is 2900. The lowest BCUT2D eigenvalue weighted by Crippen LogP contribution is -2.58. The summed E-state index contributed by atoms with van der Waals surface area (Å²) >= 11 is 1.44. The smallest absolute Gasteiger partial charge is 0.290 e. The lowest BCUT2D eigenvalue weighted by Gasteiger charge is -2.35. The average Bonchev–Trinajstić information content (AvgIpc) is 4.15. The van der Waals surface area contributed by atoms with Crippen molar-refractivity contribution in [1.29, 1.82) is 0 Å². The van der Waals surface area contributed by atoms with Crippen LogP contribution in [0.5, 0.6) is 17.2 Å². The molecule has 0 spiro atoms. The number of hydrogen-bond donors (Lipinski definition) is 4. The number of carbonyl (C=O) groups excluding carboxylic acids is 4. The predicted molar refractivity (Wildman–Crippen MR) is 257 cm³/mol. The van der Waals surface area contributed by atoms with Gasteiger partial charge in [-0.15, -0.1) is 11.3 Å². The quantitative estimate of drug-likeness (QED) is 0.0938. The number of anilines is 1. The minimum absolute atomic E-state index is 0.0801. The summed E-state index contributed by atoms with van der Waals surface area (Å²) in [6.45, 7) is 5.73. The Labute approximate surface area is 404 Å². The van der Waals surface area contributed by atoms with Crippen molar-refractivity contribution in [3.63, 3.8) is 0 Å².